The van der Waals surface area contributed by atoms with E-state index in [1.807, 2.05) is 31.2 Å². The van der Waals surface area contributed by atoms with Crippen molar-refractivity contribution < 1.29 is 19.1 Å². The highest BCUT2D eigenvalue weighted by Gasteiger charge is 2.37. The van der Waals surface area contributed by atoms with E-state index >= 15 is 0 Å². The van der Waals surface area contributed by atoms with Crippen LogP contribution in [0.4, 0.5) is 5.69 Å². The minimum absolute atomic E-state index is 0.0932. The molecule has 1 aromatic heterocycles. The summed E-state index contributed by atoms with van der Waals surface area (Å²) >= 11 is 6.95. The van der Waals surface area contributed by atoms with Crippen LogP contribution in [0.25, 0.3) is 0 Å². The molecule has 26 heavy (non-hydrogen) atoms. The Morgan fingerprint density at radius 3 is 2.73 bits per heavy atom. The molecule has 1 aliphatic heterocycles. The third kappa shape index (κ3) is 3.97. The Morgan fingerprint density at radius 1 is 1.27 bits per heavy atom. The van der Waals surface area contributed by atoms with Crippen LogP contribution in [0, 0.1) is 5.92 Å². The summed E-state index contributed by atoms with van der Waals surface area (Å²) in [5, 5.41) is 0. The zero-order valence-electron chi connectivity index (χ0n) is 14.2. The number of thiophene rings is 1. The van der Waals surface area contributed by atoms with Crippen LogP contribution < -0.4 is 4.90 Å². The van der Waals surface area contributed by atoms with Gasteiger partial charge in [0.1, 0.15) is 0 Å². The number of hydrogen-bond acceptors (Lipinski definition) is 5. The van der Waals surface area contributed by atoms with E-state index in [9.17, 15) is 14.4 Å². The number of hydrogen-bond donors (Lipinski definition) is 0. The van der Waals surface area contributed by atoms with Crippen molar-refractivity contribution in [3.8, 4) is 0 Å². The minimum Gasteiger partial charge on any atom is -0.457 e. The number of para-hydroxylation sites is 1. The summed E-state index contributed by atoms with van der Waals surface area (Å²) in [4.78, 5) is 38.7. The van der Waals surface area contributed by atoms with Gasteiger partial charge in [-0.25, -0.2) is 0 Å². The molecule has 0 aliphatic carbocycles. The van der Waals surface area contributed by atoms with Crippen molar-refractivity contribution >= 4 is 46.3 Å². The molecule has 1 aromatic carbocycles. The van der Waals surface area contributed by atoms with Crippen LogP contribution in [0.5, 0.6) is 0 Å². The number of carbonyl (C=O) groups is 3. The lowest BCUT2D eigenvalue weighted by Crippen LogP contribution is -2.27. The molecule has 0 bridgehead atoms. The second-order valence-electron chi connectivity index (χ2n) is 6.02. The Kier molecular flexibility index (Phi) is 5.74. The maximum Gasteiger partial charge on any atom is 0.311 e. The number of ketones is 1. The summed E-state index contributed by atoms with van der Waals surface area (Å²) in [6.45, 7) is 1.95. The van der Waals surface area contributed by atoms with E-state index in [4.69, 9.17) is 16.3 Å². The molecule has 2 heterocycles. The fraction of sp³-hybridized carbons (Fsp3) is 0.316. The largest absolute Gasteiger partial charge is 0.457 e. The van der Waals surface area contributed by atoms with Gasteiger partial charge in [0.05, 0.1) is 15.1 Å². The van der Waals surface area contributed by atoms with E-state index in [0.29, 0.717) is 9.21 Å². The molecule has 5 nitrogen and oxygen atoms in total. The first kappa shape index (κ1) is 18.6. The third-order valence-corrected chi connectivity index (χ3v) is 5.59. The molecule has 2 aromatic rings. The maximum absolute atomic E-state index is 12.4. The molecular weight excluding hydrogens is 374 g/mol. The van der Waals surface area contributed by atoms with Gasteiger partial charge < -0.3 is 9.64 Å². The number of ether oxygens (including phenoxy) is 1. The number of aryl methyl sites for hydroxylation is 1. The number of halogens is 1. The topological polar surface area (TPSA) is 63.7 Å². The van der Waals surface area contributed by atoms with Gasteiger partial charge in [-0.15, -0.1) is 11.3 Å². The molecule has 0 saturated carbocycles. The van der Waals surface area contributed by atoms with Gasteiger partial charge in [-0.1, -0.05) is 36.7 Å². The minimum atomic E-state index is -0.563. The zero-order valence-corrected chi connectivity index (χ0v) is 15.8. The highest BCUT2D eigenvalue weighted by Crippen LogP contribution is 2.29. The molecule has 0 unspecified atom stereocenters. The molecule has 3 rings (SSSR count). The molecule has 1 saturated heterocycles. The second kappa shape index (κ2) is 8.01. The standard InChI is InChI=1S/C19H18ClNO4S/c1-2-12-5-3-4-6-14(12)21-10-13(9-18(21)23)19(24)25-11-15(22)16-7-8-17(20)26-16/h3-8,13H,2,9-11H2,1H3/t13-/m1/s1. The normalized spacial score (nSPS) is 16.8. The number of amides is 1. The van der Waals surface area contributed by atoms with Crippen molar-refractivity contribution in [2.45, 2.75) is 19.8 Å². The summed E-state index contributed by atoms with van der Waals surface area (Å²) in [5.74, 6) is -1.49. The molecule has 0 spiro atoms. The summed E-state index contributed by atoms with van der Waals surface area (Å²) in [5.41, 5.74) is 1.89. The Morgan fingerprint density at radius 2 is 2.04 bits per heavy atom. The monoisotopic (exact) mass is 391 g/mol. The van der Waals surface area contributed by atoms with Gasteiger partial charge in [0.2, 0.25) is 11.7 Å². The van der Waals surface area contributed by atoms with Crippen molar-refractivity contribution in [2.24, 2.45) is 5.92 Å². The van der Waals surface area contributed by atoms with E-state index in [0.717, 1.165) is 29.0 Å². The van der Waals surface area contributed by atoms with Gasteiger partial charge in [0.25, 0.3) is 0 Å². The van der Waals surface area contributed by atoms with E-state index in [1.165, 1.54) is 0 Å². The van der Waals surface area contributed by atoms with Crippen LogP contribution in [0.1, 0.15) is 28.6 Å². The van der Waals surface area contributed by atoms with E-state index in [2.05, 4.69) is 0 Å². The van der Waals surface area contributed by atoms with Crippen molar-refractivity contribution in [3.63, 3.8) is 0 Å². The number of esters is 1. The summed E-state index contributed by atoms with van der Waals surface area (Å²) < 4.78 is 5.64. The molecule has 1 atom stereocenters. The first-order valence-corrected chi connectivity index (χ1v) is 9.52. The van der Waals surface area contributed by atoms with Crippen molar-refractivity contribution in [2.75, 3.05) is 18.1 Å². The number of carbonyl (C=O) groups excluding carboxylic acids is 3. The molecule has 136 valence electrons. The first-order chi connectivity index (χ1) is 12.5. The Labute approximate surface area is 160 Å². The van der Waals surface area contributed by atoms with Crippen molar-refractivity contribution in [1.29, 1.82) is 0 Å². The van der Waals surface area contributed by atoms with Gasteiger partial charge in [-0.3, -0.25) is 14.4 Å². The highest BCUT2D eigenvalue weighted by molar-refractivity contribution is 7.18. The summed E-state index contributed by atoms with van der Waals surface area (Å²) in [7, 11) is 0. The van der Waals surface area contributed by atoms with Gasteiger partial charge >= 0.3 is 5.97 Å². The fourth-order valence-electron chi connectivity index (χ4n) is 2.96. The van der Waals surface area contributed by atoms with Gasteiger partial charge in [0, 0.05) is 18.7 Å². The Bertz CT molecular complexity index is 848. The number of anilines is 1. The van der Waals surface area contributed by atoms with E-state index < -0.39 is 11.9 Å². The molecule has 0 radical (unpaired) electrons. The fourth-order valence-corrected chi connectivity index (χ4v) is 3.93. The van der Waals surface area contributed by atoms with Crippen LogP contribution in [-0.2, 0) is 20.7 Å². The second-order valence-corrected chi connectivity index (χ2v) is 7.74. The van der Waals surface area contributed by atoms with Crippen molar-refractivity contribution in [1.82, 2.24) is 0 Å². The number of Topliss-reactive ketones (excluding diaryl/α,β-unsaturated/α-hetero) is 1. The SMILES string of the molecule is CCc1ccccc1N1C[C@H](C(=O)OCC(=O)c2ccc(Cl)s2)CC1=O. The van der Waals surface area contributed by atoms with Gasteiger partial charge in [-0.2, -0.15) is 0 Å². The predicted octanol–water partition coefficient (Wildman–Crippen LogP) is 3.74. The zero-order chi connectivity index (χ0) is 18.7. The molecule has 1 fully saturated rings. The molecule has 0 N–H and O–H groups in total. The molecular formula is C19H18ClNO4S. The summed E-state index contributed by atoms with van der Waals surface area (Å²) in [6, 6.07) is 10.9. The molecule has 1 amide bonds. The first-order valence-electron chi connectivity index (χ1n) is 8.33. The average Bonchev–Trinajstić information content (AvgIpc) is 3.25. The Hall–Kier alpha value is -2.18. The third-order valence-electron chi connectivity index (χ3n) is 4.32. The lowest BCUT2D eigenvalue weighted by atomic mass is 10.1. The molecule has 7 heteroatoms. The lowest BCUT2D eigenvalue weighted by molar-refractivity contribution is -0.147. The van der Waals surface area contributed by atoms with Crippen LogP contribution in [0.2, 0.25) is 4.34 Å². The number of rotatable bonds is 6. The highest BCUT2D eigenvalue weighted by atomic mass is 35.5. The van der Waals surface area contributed by atoms with Gasteiger partial charge in [0.15, 0.2) is 6.61 Å². The maximum atomic E-state index is 12.4. The number of benzene rings is 1. The van der Waals surface area contributed by atoms with Gasteiger partial charge in [-0.05, 0) is 30.2 Å². The number of nitrogens with zero attached hydrogens (tertiary/aromatic N) is 1. The van der Waals surface area contributed by atoms with E-state index in [-0.39, 0.29) is 31.3 Å². The van der Waals surface area contributed by atoms with Crippen LogP contribution in [0.15, 0.2) is 36.4 Å². The van der Waals surface area contributed by atoms with Crippen LogP contribution in [0.3, 0.4) is 0 Å². The van der Waals surface area contributed by atoms with Crippen LogP contribution >= 0.6 is 22.9 Å². The summed E-state index contributed by atoms with van der Waals surface area (Å²) in [6.07, 6.45) is 0.892. The average molecular weight is 392 g/mol. The molecule has 1 aliphatic rings. The lowest BCUT2D eigenvalue weighted by Gasteiger charge is -2.19. The smallest absolute Gasteiger partial charge is 0.311 e. The Balaban J connectivity index is 1.61. The van der Waals surface area contributed by atoms with Crippen LogP contribution in [-0.4, -0.2) is 30.8 Å². The predicted molar refractivity (Wildman–Crippen MR) is 101 cm³/mol. The van der Waals surface area contributed by atoms with E-state index in [1.54, 1.807) is 17.0 Å². The quantitative estimate of drug-likeness (QED) is 0.555. The van der Waals surface area contributed by atoms with Crippen molar-refractivity contribution in [3.05, 3.63) is 51.2 Å².